The summed E-state index contributed by atoms with van der Waals surface area (Å²) in [7, 11) is 0. The first-order valence-corrected chi connectivity index (χ1v) is 5.65. The average Bonchev–Trinajstić information content (AvgIpc) is 2.76. The van der Waals surface area contributed by atoms with Gasteiger partial charge in [0, 0.05) is 6.42 Å². The highest BCUT2D eigenvalue weighted by Gasteiger charge is 2.30. The van der Waals surface area contributed by atoms with Crippen LogP contribution < -0.4 is 0 Å². The van der Waals surface area contributed by atoms with Gasteiger partial charge in [-0.25, -0.2) is 4.98 Å². The molecule has 2 aromatic rings. The number of halogens is 4. The van der Waals surface area contributed by atoms with E-state index in [0.717, 1.165) is 12.1 Å². The molecule has 0 spiro atoms. The highest BCUT2D eigenvalue weighted by molar-refractivity contribution is 6.16. The molecule has 1 aromatic heterocycles. The molecule has 96 valence electrons. The fraction of sp³-hybridized carbons (Fsp3) is 0.273. The van der Waals surface area contributed by atoms with Crippen LogP contribution in [0.2, 0.25) is 0 Å². The Morgan fingerprint density at radius 3 is 2.67 bits per heavy atom. The van der Waals surface area contributed by atoms with Gasteiger partial charge in [-0.05, 0) is 11.6 Å². The molecule has 7 heteroatoms. The second-order valence-electron chi connectivity index (χ2n) is 3.71. The van der Waals surface area contributed by atoms with E-state index in [9.17, 15) is 13.2 Å². The van der Waals surface area contributed by atoms with Crippen molar-refractivity contribution in [2.45, 2.75) is 18.5 Å². The molecular formula is C11H9ClF3N3. The number of hydrogen-bond acceptors (Lipinski definition) is 2. The van der Waals surface area contributed by atoms with Crippen molar-refractivity contribution in [3.63, 3.8) is 0 Å². The summed E-state index contributed by atoms with van der Waals surface area (Å²) in [5, 5.41) is 6.45. The normalized spacial score (nSPS) is 11.8. The maximum Gasteiger partial charge on any atom is 0.416 e. The van der Waals surface area contributed by atoms with Crippen LogP contribution in [0.5, 0.6) is 0 Å². The number of aromatic amines is 1. The lowest BCUT2D eigenvalue weighted by atomic mass is 10.1. The summed E-state index contributed by atoms with van der Waals surface area (Å²) >= 11 is 5.53. The number of alkyl halides is 4. The quantitative estimate of drug-likeness (QED) is 0.874. The molecular weight excluding hydrogens is 267 g/mol. The van der Waals surface area contributed by atoms with Crippen LogP contribution >= 0.6 is 11.6 Å². The van der Waals surface area contributed by atoms with E-state index in [1.807, 2.05) is 0 Å². The second-order valence-corrected chi connectivity index (χ2v) is 3.97. The van der Waals surface area contributed by atoms with E-state index in [1.165, 1.54) is 6.07 Å². The maximum atomic E-state index is 12.5. The van der Waals surface area contributed by atoms with Crippen LogP contribution in [-0.2, 0) is 18.5 Å². The van der Waals surface area contributed by atoms with Gasteiger partial charge >= 0.3 is 6.18 Å². The molecule has 1 N–H and O–H groups in total. The SMILES string of the molecule is FC(F)(F)c1cccc(Cc2nc(CCl)n[nH]2)c1. The number of H-pyrrole nitrogens is 1. The average molecular weight is 276 g/mol. The van der Waals surface area contributed by atoms with Crippen molar-refractivity contribution in [3.05, 3.63) is 47.0 Å². The van der Waals surface area contributed by atoms with Gasteiger partial charge in [0.1, 0.15) is 5.82 Å². The van der Waals surface area contributed by atoms with Crippen LogP contribution in [-0.4, -0.2) is 15.2 Å². The van der Waals surface area contributed by atoms with Crippen LogP contribution in [0.15, 0.2) is 24.3 Å². The zero-order valence-electron chi connectivity index (χ0n) is 9.13. The van der Waals surface area contributed by atoms with E-state index in [0.29, 0.717) is 17.2 Å². The highest BCUT2D eigenvalue weighted by atomic mass is 35.5. The molecule has 3 nitrogen and oxygen atoms in total. The molecule has 18 heavy (non-hydrogen) atoms. The topological polar surface area (TPSA) is 41.6 Å². The molecule has 0 fully saturated rings. The Kier molecular flexibility index (Phi) is 3.56. The predicted molar refractivity (Wildman–Crippen MR) is 60.2 cm³/mol. The van der Waals surface area contributed by atoms with E-state index >= 15 is 0 Å². The van der Waals surface area contributed by atoms with E-state index in [2.05, 4.69) is 15.2 Å². The zero-order chi connectivity index (χ0) is 13.2. The van der Waals surface area contributed by atoms with Gasteiger partial charge in [-0.3, -0.25) is 5.10 Å². The van der Waals surface area contributed by atoms with Crippen molar-refractivity contribution in [1.82, 2.24) is 15.2 Å². The van der Waals surface area contributed by atoms with Gasteiger partial charge in [-0.1, -0.05) is 18.2 Å². The summed E-state index contributed by atoms with van der Waals surface area (Å²) in [6.07, 6.45) is -4.08. The fourth-order valence-corrected chi connectivity index (χ4v) is 1.64. The standard InChI is InChI=1S/C11H9ClF3N3/c12-6-10-16-9(17-18-10)5-7-2-1-3-8(4-7)11(13,14)15/h1-4H,5-6H2,(H,16,17,18). The van der Waals surface area contributed by atoms with Gasteiger partial charge in [0.25, 0.3) is 0 Å². The molecule has 0 unspecified atom stereocenters. The lowest BCUT2D eigenvalue weighted by Gasteiger charge is -2.07. The van der Waals surface area contributed by atoms with Crippen LogP contribution in [0.4, 0.5) is 13.2 Å². The van der Waals surface area contributed by atoms with Gasteiger partial charge in [0.2, 0.25) is 0 Å². The monoisotopic (exact) mass is 275 g/mol. The van der Waals surface area contributed by atoms with Gasteiger partial charge in [0.05, 0.1) is 11.4 Å². The molecule has 1 aromatic carbocycles. The molecule has 0 amide bonds. The Bertz CT molecular complexity index is 536. The summed E-state index contributed by atoms with van der Waals surface area (Å²) in [4.78, 5) is 4.04. The third-order valence-corrected chi connectivity index (χ3v) is 2.56. The summed E-state index contributed by atoms with van der Waals surface area (Å²) < 4.78 is 37.5. The Labute approximate surface area is 106 Å². The van der Waals surface area contributed by atoms with E-state index in [-0.39, 0.29) is 12.3 Å². The Morgan fingerprint density at radius 2 is 2.06 bits per heavy atom. The Hall–Kier alpha value is -1.56. The smallest absolute Gasteiger partial charge is 0.263 e. The van der Waals surface area contributed by atoms with Gasteiger partial charge in [-0.2, -0.15) is 18.3 Å². The van der Waals surface area contributed by atoms with Crippen LogP contribution in [0.25, 0.3) is 0 Å². The molecule has 2 rings (SSSR count). The number of rotatable bonds is 3. The number of hydrogen-bond donors (Lipinski definition) is 1. The van der Waals surface area contributed by atoms with Gasteiger partial charge in [0.15, 0.2) is 5.82 Å². The predicted octanol–water partition coefficient (Wildman–Crippen LogP) is 3.15. The lowest BCUT2D eigenvalue weighted by molar-refractivity contribution is -0.137. The van der Waals surface area contributed by atoms with Crippen LogP contribution in [0, 0.1) is 0 Å². The lowest BCUT2D eigenvalue weighted by Crippen LogP contribution is -2.05. The molecule has 1 heterocycles. The van der Waals surface area contributed by atoms with Crippen LogP contribution in [0.3, 0.4) is 0 Å². The third-order valence-electron chi connectivity index (χ3n) is 2.32. The largest absolute Gasteiger partial charge is 0.416 e. The van der Waals surface area contributed by atoms with Gasteiger partial charge < -0.3 is 0 Å². The molecule has 0 atom stereocenters. The van der Waals surface area contributed by atoms with Crippen molar-refractivity contribution in [2.24, 2.45) is 0 Å². The van der Waals surface area contributed by atoms with Crippen molar-refractivity contribution in [3.8, 4) is 0 Å². The highest BCUT2D eigenvalue weighted by Crippen LogP contribution is 2.29. The minimum absolute atomic E-state index is 0.166. The van der Waals surface area contributed by atoms with Crippen LogP contribution in [0.1, 0.15) is 22.8 Å². The molecule has 0 aliphatic heterocycles. The van der Waals surface area contributed by atoms with Crippen molar-refractivity contribution in [2.75, 3.05) is 0 Å². The second kappa shape index (κ2) is 4.97. The first kappa shape index (κ1) is 12.9. The minimum Gasteiger partial charge on any atom is -0.263 e. The zero-order valence-corrected chi connectivity index (χ0v) is 9.89. The number of nitrogens with zero attached hydrogens (tertiary/aromatic N) is 2. The van der Waals surface area contributed by atoms with E-state index < -0.39 is 11.7 Å². The maximum absolute atomic E-state index is 12.5. The minimum atomic E-state index is -4.33. The van der Waals surface area contributed by atoms with Crippen molar-refractivity contribution >= 4 is 11.6 Å². The number of nitrogens with one attached hydrogen (secondary N) is 1. The summed E-state index contributed by atoms with van der Waals surface area (Å²) in [6, 6.07) is 5.12. The molecule has 0 bridgehead atoms. The molecule has 0 saturated carbocycles. The fourth-order valence-electron chi connectivity index (χ4n) is 1.52. The third kappa shape index (κ3) is 3.01. The Morgan fingerprint density at radius 1 is 1.28 bits per heavy atom. The van der Waals surface area contributed by atoms with E-state index in [1.54, 1.807) is 6.07 Å². The summed E-state index contributed by atoms with van der Waals surface area (Å²) in [6.45, 7) is 0. The molecule has 0 radical (unpaired) electrons. The Balaban J connectivity index is 2.19. The number of benzene rings is 1. The van der Waals surface area contributed by atoms with E-state index in [4.69, 9.17) is 11.6 Å². The molecule has 0 saturated heterocycles. The van der Waals surface area contributed by atoms with Gasteiger partial charge in [-0.15, -0.1) is 11.6 Å². The van der Waals surface area contributed by atoms with Crippen molar-refractivity contribution in [1.29, 1.82) is 0 Å². The summed E-state index contributed by atoms with van der Waals surface area (Å²) in [5.41, 5.74) is -0.154. The molecule has 0 aliphatic rings. The first-order valence-electron chi connectivity index (χ1n) is 5.11. The molecule has 0 aliphatic carbocycles. The van der Waals surface area contributed by atoms with Crippen molar-refractivity contribution < 1.29 is 13.2 Å². The number of aromatic nitrogens is 3. The first-order chi connectivity index (χ1) is 8.49. The summed E-state index contributed by atoms with van der Waals surface area (Å²) in [5.74, 6) is 1.09.